The molecular weight excluding hydrogens is 571 g/mol. The van der Waals surface area contributed by atoms with Crippen LogP contribution >= 0.6 is 0 Å². The fraction of sp³-hybridized carbons (Fsp3) is 0.280. The first-order valence-electron chi connectivity index (χ1n) is 11.0. The molecule has 3 aromatic carbocycles. The molecule has 2 atom stereocenters. The van der Waals surface area contributed by atoms with Crippen molar-refractivity contribution in [2.24, 2.45) is 0 Å². The van der Waals surface area contributed by atoms with Crippen molar-refractivity contribution in [3.63, 3.8) is 0 Å². The molecule has 0 aliphatic rings. The van der Waals surface area contributed by atoms with E-state index in [0.717, 1.165) is 24.3 Å². The molecule has 0 aromatic heterocycles. The molecule has 0 heterocycles. The Morgan fingerprint density at radius 2 is 1.20 bits per heavy atom. The Kier molecular flexibility index (Phi) is 8.89. The number of nitrogens with one attached hydrogen (secondary N) is 1. The van der Waals surface area contributed by atoms with Gasteiger partial charge in [0.15, 0.2) is 6.10 Å². The number of halogens is 11. The minimum atomic E-state index is -5.96. The lowest BCUT2D eigenvalue weighted by Crippen LogP contribution is -2.40. The minimum absolute atomic E-state index is 0.00189. The summed E-state index contributed by atoms with van der Waals surface area (Å²) in [6.45, 7) is -1.17. The first kappa shape index (κ1) is 30.9. The molecule has 1 unspecified atom stereocenters. The van der Waals surface area contributed by atoms with E-state index in [1.54, 1.807) is 0 Å². The summed E-state index contributed by atoms with van der Waals surface area (Å²) >= 11 is 0. The number of aliphatic hydroxyl groups is 1. The van der Waals surface area contributed by atoms with Crippen LogP contribution in [0.3, 0.4) is 0 Å². The van der Waals surface area contributed by atoms with E-state index in [-0.39, 0.29) is 22.6 Å². The average molecular weight is 589 g/mol. The number of benzene rings is 3. The Hall–Kier alpha value is -3.59. The summed E-state index contributed by atoms with van der Waals surface area (Å²) in [6, 6.07) is 10.8. The van der Waals surface area contributed by atoms with Crippen LogP contribution in [0, 0.1) is 0 Å². The van der Waals surface area contributed by atoms with Gasteiger partial charge in [0.1, 0.15) is 17.2 Å². The smallest absolute Gasteiger partial charge is 0.457 e. The summed E-state index contributed by atoms with van der Waals surface area (Å²) in [5.74, 6) is -6.14. The largest absolute Gasteiger partial charge is 0.573 e. The summed E-state index contributed by atoms with van der Waals surface area (Å²) in [4.78, 5) is 0. The zero-order valence-electron chi connectivity index (χ0n) is 19.7. The summed E-state index contributed by atoms with van der Waals surface area (Å²) in [7, 11) is 0. The summed E-state index contributed by atoms with van der Waals surface area (Å²) in [6.07, 6.45) is -18.9. The van der Waals surface area contributed by atoms with E-state index in [1.807, 2.05) is 0 Å². The molecule has 0 fully saturated rings. The number of hydrogen-bond donors (Lipinski definition) is 2. The number of hydrogen-bond acceptors (Lipinski definition) is 4. The maximum atomic E-state index is 14.0. The van der Waals surface area contributed by atoms with Crippen LogP contribution in [0.15, 0.2) is 72.8 Å². The van der Waals surface area contributed by atoms with Gasteiger partial charge in [0, 0.05) is 18.2 Å². The van der Waals surface area contributed by atoms with Crippen molar-refractivity contribution in [2.75, 3.05) is 6.54 Å². The van der Waals surface area contributed by atoms with E-state index in [1.165, 1.54) is 36.4 Å². The van der Waals surface area contributed by atoms with Crippen LogP contribution in [0.4, 0.5) is 48.3 Å². The van der Waals surface area contributed by atoms with Crippen LogP contribution in [-0.4, -0.2) is 36.5 Å². The highest BCUT2D eigenvalue weighted by molar-refractivity contribution is 5.42. The third-order valence-electron chi connectivity index (χ3n) is 5.30. The number of aliphatic hydroxyl groups excluding tert-OH is 1. The fourth-order valence-corrected chi connectivity index (χ4v) is 3.48. The Labute approximate surface area is 218 Å². The van der Waals surface area contributed by atoms with Crippen molar-refractivity contribution in [2.45, 2.75) is 36.8 Å². The predicted octanol–water partition coefficient (Wildman–Crippen LogP) is 7.63. The third-order valence-corrected chi connectivity index (χ3v) is 5.30. The third kappa shape index (κ3) is 7.97. The van der Waals surface area contributed by atoms with Gasteiger partial charge in [-0.2, -0.15) is 35.1 Å². The molecule has 3 aromatic rings. The molecule has 0 aliphatic carbocycles. The van der Waals surface area contributed by atoms with Crippen LogP contribution < -0.4 is 14.8 Å². The van der Waals surface area contributed by atoms with Gasteiger partial charge in [-0.15, -0.1) is 13.2 Å². The lowest BCUT2D eigenvalue weighted by molar-refractivity contribution is -0.289. The molecular formula is C25H18F11NO3. The molecule has 0 bridgehead atoms. The lowest BCUT2D eigenvalue weighted by atomic mass is 9.95. The number of rotatable bonds is 9. The second-order valence-electron chi connectivity index (χ2n) is 8.29. The lowest BCUT2D eigenvalue weighted by Gasteiger charge is -2.25. The van der Waals surface area contributed by atoms with Gasteiger partial charge >= 0.3 is 24.6 Å². The summed E-state index contributed by atoms with van der Waals surface area (Å²) in [5, 5.41) is 11.7. The van der Waals surface area contributed by atoms with Crippen molar-refractivity contribution in [1.82, 2.24) is 5.32 Å². The molecule has 0 spiro atoms. The summed E-state index contributed by atoms with van der Waals surface area (Å²) < 4.78 is 152. The molecule has 0 saturated heterocycles. The normalized spacial score (nSPS) is 14.5. The van der Waals surface area contributed by atoms with Gasteiger partial charge < -0.3 is 19.9 Å². The zero-order chi connectivity index (χ0) is 29.9. The predicted molar refractivity (Wildman–Crippen MR) is 118 cm³/mol. The monoisotopic (exact) mass is 589 g/mol. The van der Waals surface area contributed by atoms with Gasteiger partial charge in [0.25, 0.3) is 0 Å². The van der Waals surface area contributed by atoms with Gasteiger partial charge in [-0.05, 0) is 41.5 Å². The quantitative estimate of drug-likeness (QED) is 0.252. The molecule has 3 rings (SSSR count). The van der Waals surface area contributed by atoms with Gasteiger partial charge in [-0.3, -0.25) is 0 Å². The standard InChI is InChI=1S/C25H18F11NO3/c26-22(27,24(31,32)33)16-6-1-4-14(10-16)21(37-13-20(38)23(28,29)30)15-5-2-7-17(11-15)39-18-8-3-9-19(12-18)40-25(34,35)36/h1-12,20-21,37-38H,13H2/t20-,21?/m1/s1. The number of ether oxygens (including phenoxy) is 2. The van der Waals surface area contributed by atoms with Crippen molar-refractivity contribution < 1.29 is 62.9 Å². The summed E-state index contributed by atoms with van der Waals surface area (Å²) in [5.41, 5.74) is -1.79. The topological polar surface area (TPSA) is 50.7 Å². The highest BCUT2D eigenvalue weighted by Crippen LogP contribution is 2.44. The van der Waals surface area contributed by atoms with Gasteiger partial charge in [-0.1, -0.05) is 36.4 Å². The molecule has 2 N–H and O–H groups in total. The van der Waals surface area contributed by atoms with Crippen LogP contribution in [0.25, 0.3) is 0 Å². The Morgan fingerprint density at radius 3 is 1.77 bits per heavy atom. The Balaban J connectivity index is 1.98. The number of alkyl halides is 11. The molecule has 0 aliphatic heterocycles. The van der Waals surface area contributed by atoms with Crippen molar-refractivity contribution in [3.8, 4) is 17.2 Å². The van der Waals surface area contributed by atoms with Crippen molar-refractivity contribution >= 4 is 0 Å². The molecule has 40 heavy (non-hydrogen) atoms. The van der Waals surface area contributed by atoms with E-state index in [2.05, 4.69) is 10.1 Å². The van der Waals surface area contributed by atoms with Crippen molar-refractivity contribution in [3.05, 3.63) is 89.5 Å². The molecule has 15 heteroatoms. The van der Waals surface area contributed by atoms with Gasteiger partial charge in [0.05, 0.1) is 6.04 Å². The highest BCUT2D eigenvalue weighted by Gasteiger charge is 2.58. The molecule has 218 valence electrons. The van der Waals surface area contributed by atoms with Crippen molar-refractivity contribution in [1.29, 1.82) is 0 Å². The Morgan fingerprint density at radius 1 is 0.675 bits per heavy atom. The van der Waals surface area contributed by atoms with E-state index < -0.39 is 54.6 Å². The van der Waals surface area contributed by atoms with Crippen LogP contribution in [0.2, 0.25) is 0 Å². The Bertz CT molecular complexity index is 1290. The second kappa shape index (κ2) is 11.5. The second-order valence-corrected chi connectivity index (χ2v) is 8.29. The van der Waals surface area contributed by atoms with E-state index in [4.69, 9.17) is 4.74 Å². The fourth-order valence-electron chi connectivity index (χ4n) is 3.48. The molecule has 0 saturated carbocycles. The van der Waals surface area contributed by atoms with E-state index in [9.17, 15) is 53.4 Å². The SMILES string of the molecule is O[C@H](CNC(c1cccc(Oc2cccc(OC(F)(F)F)c2)c1)c1cccc(C(F)(F)C(F)(F)F)c1)C(F)(F)F. The first-order chi connectivity index (χ1) is 18.4. The first-order valence-corrected chi connectivity index (χ1v) is 11.0. The maximum Gasteiger partial charge on any atom is 0.573 e. The van der Waals surface area contributed by atoms with Crippen LogP contribution in [0.5, 0.6) is 17.2 Å². The molecule has 0 amide bonds. The van der Waals surface area contributed by atoms with E-state index in [0.29, 0.717) is 12.1 Å². The zero-order valence-corrected chi connectivity index (χ0v) is 19.7. The highest BCUT2D eigenvalue weighted by atomic mass is 19.4. The van der Waals surface area contributed by atoms with Gasteiger partial charge in [0.2, 0.25) is 0 Å². The van der Waals surface area contributed by atoms with Crippen LogP contribution in [0.1, 0.15) is 22.7 Å². The van der Waals surface area contributed by atoms with Gasteiger partial charge in [-0.25, -0.2) is 0 Å². The van der Waals surface area contributed by atoms with E-state index >= 15 is 0 Å². The van der Waals surface area contributed by atoms with Crippen LogP contribution in [-0.2, 0) is 5.92 Å². The maximum absolute atomic E-state index is 14.0. The minimum Gasteiger partial charge on any atom is -0.457 e. The average Bonchev–Trinajstić information content (AvgIpc) is 2.82. The molecule has 4 nitrogen and oxygen atoms in total. The molecule has 0 radical (unpaired) electrons.